The molecule has 0 aromatic heterocycles. The normalized spacial score (nSPS) is 11.8. The highest BCUT2D eigenvalue weighted by atomic mass is 35.5. The number of hydrogen-bond acceptors (Lipinski definition) is 2. The van der Waals surface area contributed by atoms with Crippen molar-refractivity contribution in [1.29, 1.82) is 0 Å². The van der Waals surface area contributed by atoms with E-state index in [4.69, 9.17) is 11.6 Å². The van der Waals surface area contributed by atoms with Gasteiger partial charge in [0.05, 0.1) is 5.88 Å². The summed E-state index contributed by atoms with van der Waals surface area (Å²) in [5, 5.41) is 2.37. The Morgan fingerprint density at radius 3 is 2.68 bits per heavy atom. The summed E-state index contributed by atoms with van der Waals surface area (Å²) in [4.78, 5) is 11.9. The summed E-state index contributed by atoms with van der Waals surface area (Å²) in [6.45, 7) is 1.96. The van der Waals surface area contributed by atoms with E-state index in [1.807, 2.05) is 37.3 Å². The molecule has 0 fully saturated rings. The number of halogens is 1. The summed E-state index contributed by atoms with van der Waals surface area (Å²) < 4.78 is 0. The predicted molar refractivity (Wildman–Crippen MR) is 85.8 cm³/mol. The summed E-state index contributed by atoms with van der Waals surface area (Å²) >= 11 is 7.19. The minimum atomic E-state index is 0.0606. The number of rotatable bonds is 4. The number of hydrogen-bond donors (Lipinski definition) is 0. The second-order valence-corrected chi connectivity index (χ2v) is 5.60. The van der Waals surface area contributed by atoms with Crippen LogP contribution in [0.1, 0.15) is 12.5 Å². The van der Waals surface area contributed by atoms with Gasteiger partial charge in [-0.3, -0.25) is 4.79 Å². The maximum atomic E-state index is 11.9. The Labute approximate surface area is 122 Å². The number of carbonyl (C=O) groups excluding carboxylic acids is 1. The fraction of sp³-hybridized carbons (Fsp3) is 0.188. The van der Waals surface area contributed by atoms with Crippen molar-refractivity contribution in [2.24, 2.45) is 0 Å². The Balaban J connectivity index is 2.46. The molecular formula is C16H15ClOS. The monoisotopic (exact) mass is 290 g/mol. The molecule has 0 aliphatic carbocycles. The molecule has 2 aromatic carbocycles. The van der Waals surface area contributed by atoms with Crippen LogP contribution in [0.5, 0.6) is 0 Å². The molecule has 1 nitrogen and oxygen atoms in total. The van der Waals surface area contributed by atoms with Gasteiger partial charge in [0.25, 0.3) is 0 Å². The standard InChI is InChI=1S/C16H15ClOS/c1-2-19-16(18)14(11-17)10-13-8-5-7-12-6-3-4-9-15(12)13/h3-10H,2,11H2,1H3. The smallest absolute Gasteiger partial charge is 0.216 e. The van der Waals surface area contributed by atoms with Gasteiger partial charge in [-0.1, -0.05) is 61.2 Å². The van der Waals surface area contributed by atoms with E-state index in [1.54, 1.807) is 0 Å². The highest BCUT2D eigenvalue weighted by molar-refractivity contribution is 8.14. The van der Waals surface area contributed by atoms with Gasteiger partial charge in [-0.15, -0.1) is 11.6 Å². The molecule has 0 aliphatic heterocycles. The SMILES string of the molecule is CCSC(=O)C(=Cc1cccc2ccccc12)CCl. The average molecular weight is 291 g/mol. The molecule has 3 heteroatoms. The van der Waals surface area contributed by atoms with E-state index in [-0.39, 0.29) is 11.0 Å². The summed E-state index contributed by atoms with van der Waals surface area (Å²) in [6.07, 6.45) is 1.90. The van der Waals surface area contributed by atoms with E-state index in [0.29, 0.717) is 5.57 Å². The van der Waals surface area contributed by atoms with Gasteiger partial charge in [0.2, 0.25) is 5.12 Å². The minimum Gasteiger partial charge on any atom is -0.282 e. The first-order valence-electron chi connectivity index (χ1n) is 6.17. The first-order chi connectivity index (χ1) is 9.26. The first-order valence-corrected chi connectivity index (χ1v) is 7.69. The first kappa shape index (κ1) is 14.2. The molecular weight excluding hydrogens is 276 g/mol. The van der Waals surface area contributed by atoms with Gasteiger partial charge in [-0.2, -0.15) is 0 Å². The van der Waals surface area contributed by atoms with E-state index in [9.17, 15) is 4.79 Å². The van der Waals surface area contributed by atoms with Crippen molar-refractivity contribution >= 4 is 45.3 Å². The number of benzene rings is 2. The van der Waals surface area contributed by atoms with Crippen molar-refractivity contribution in [3.8, 4) is 0 Å². The molecule has 0 aliphatic rings. The lowest BCUT2D eigenvalue weighted by molar-refractivity contribution is -0.107. The third-order valence-corrected chi connectivity index (χ3v) is 3.94. The Hall–Kier alpha value is -1.25. The van der Waals surface area contributed by atoms with Crippen LogP contribution < -0.4 is 0 Å². The molecule has 0 bridgehead atoms. The van der Waals surface area contributed by atoms with E-state index in [2.05, 4.69) is 18.2 Å². The molecule has 98 valence electrons. The van der Waals surface area contributed by atoms with Crippen LogP contribution in [-0.2, 0) is 4.79 Å². The molecule has 0 saturated carbocycles. The van der Waals surface area contributed by atoms with E-state index >= 15 is 0 Å². The Bertz CT molecular complexity index is 614. The van der Waals surface area contributed by atoms with Crippen molar-refractivity contribution in [2.45, 2.75) is 6.92 Å². The van der Waals surface area contributed by atoms with Crippen LogP contribution in [-0.4, -0.2) is 16.7 Å². The van der Waals surface area contributed by atoms with Gasteiger partial charge < -0.3 is 0 Å². The van der Waals surface area contributed by atoms with Gasteiger partial charge in [0, 0.05) is 5.57 Å². The predicted octanol–water partition coefficient (Wildman–Crippen LogP) is 4.74. The van der Waals surface area contributed by atoms with E-state index < -0.39 is 0 Å². The van der Waals surface area contributed by atoms with Gasteiger partial charge in [0.15, 0.2) is 0 Å². The number of alkyl halides is 1. The maximum absolute atomic E-state index is 11.9. The van der Waals surface area contributed by atoms with Gasteiger partial charge in [-0.25, -0.2) is 0 Å². The minimum absolute atomic E-state index is 0.0606. The fourth-order valence-electron chi connectivity index (χ4n) is 1.94. The third kappa shape index (κ3) is 3.40. The van der Waals surface area contributed by atoms with Crippen LogP contribution >= 0.6 is 23.4 Å². The van der Waals surface area contributed by atoms with Gasteiger partial charge >= 0.3 is 0 Å². The van der Waals surface area contributed by atoms with Crippen molar-refractivity contribution in [1.82, 2.24) is 0 Å². The molecule has 0 N–H and O–H groups in total. The van der Waals surface area contributed by atoms with Crippen molar-refractivity contribution in [2.75, 3.05) is 11.6 Å². The molecule has 0 radical (unpaired) electrons. The molecule has 19 heavy (non-hydrogen) atoms. The molecule has 0 heterocycles. The van der Waals surface area contributed by atoms with E-state index in [1.165, 1.54) is 17.1 Å². The van der Waals surface area contributed by atoms with Crippen LogP contribution in [0.25, 0.3) is 16.8 Å². The maximum Gasteiger partial charge on any atom is 0.216 e. The highest BCUT2D eigenvalue weighted by Crippen LogP contribution is 2.23. The Morgan fingerprint density at radius 2 is 1.95 bits per heavy atom. The fourth-order valence-corrected chi connectivity index (χ4v) is 2.80. The molecule has 0 unspecified atom stereocenters. The Kier molecular flexibility index (Phi) is 5.06. The zero-order chi connectivity index (χ0) is 13.7. The summed E-state index contributed by atoms with van der Waals surface area (Å²) in [5.74, 6) is 1.01. The molecule has 2 aromatic rings. The van der Waals surface area contributed by atoms with Crippen LogP contribution in [0.3, 0.4) is 0 Å². The molecule has 0 saturated heterocycles. The van der Waals surface area contributed by atoms with Gasteiger partial charge in [-0.05, 0) is 28.2 Å². The summed E-state index contributed by atoms with van der Waals surface area (Å²) in [7, 11) is 0. The lowest BCUT2D eigenvalue weighted by atomic mass is 10.0. The molecule has 0 amide bonds. The third-order valence-electron chi connectivity index (χ3n) is 2.83. The van der Waals surface area contributed by atoms with Crippen LogP contribution in [0.2, 0.25) is 0 Å². The molecule has 0 atom stereocenters. The van der Waals surface area contributed by atoms with E-state index in [0.717, 1.165) is 16.7 Å². The average Bonchev–Trinajstić information content (AvgIpc) is 2.45. The largest absolute Gasteiger partial charge is 0.282 e. The van der Waals surface area contributed by atoms with Crippen molar-refractivity contribution < 1.29 is 4.79 Å². The molecule has 0 spiro atoms. The van der Waals surface area contributed by atoms with Crippen molar-refractivity contribution in [3.05, 3.63) is 53.6 Å². The van der Waals surface area contributed by atoms with Crippen LogP contribution in [0.4, 0.5) is 0 Å². The lowest BCUT2D eigenvalue weighted by Crippen LogP contribution is -1.99. The second kappa shape index (κ2) is 6.78. The lowest BCUT2D eigenvalue weighted by Gasteiger charge is -2.05. The molecule has 2 rings (SSSR count). The zero-order valence-electron chi connectivity index (χ0n) is 10.7. The second-order valence-electron chi connectivity index (χ2n) is 4.09. The zero-order valence-corrected chi connectivity index (χ0v) is 12.3. The van der Waals surface area contributed by atoms with Gasteiger partial charge in [0.1, 0.15) is 0 Å². The van der Waals surface area contributed by atoms with Crippen LogP contribution in [0, 0.1) is 0 Å². The number of fused-ring (bicyclic) bond motifs is 1. The van der Waals surface area contributed by atoms with Crippen molar-refractivity contribution in [3.63, 3.8) is 0 Å². The number of thioether (sulfide) groups is 1. The summed E-state index contributed by atoms with van der Waals surface area (Å²) in [6, 6.07) is 14.2. The van der Waals surface area contributed by atoms with Crippen LogP contribution in [0.15, 0.2) is 48.0 Å². The summed E-state index contributed by atoms with van der Waals surface area (Å²) in [5.41, 5.74) is 1.70. The Morgan fingerprint density at radius 1 is 1.21 bits per heavy atom. The highest BCUT2D eigenvalue weighted by Gasteiger charge is 2.09. The number of carbonyl (C=O) groups is 1. The topological polar surface area (TPSA) is 17.1 Å². The quantitative estimate of drug-likeness (QED) is 0.597.